The van der Waals surface area contributed by atoms with Gasteiger partial charge < -0.3 is 18.9 Å². The zero-order valence-corrected chi connectivity index (χ0v) is 43.7. The van der Waals surface area contributed by atoms with Crippen LogP contribution in [-0.2, 0) is 27.9 Å². The average Bonchev–Trinajstić information content (AvgIpc) is 3.29. The van der Waals surface area contributed by atoms with Crippen LogP contribution in [0.3, 0.4) is 0 Å². The lowest BCUT2D eigenvalue weighted by molar-refractivity contribution is -0.870. The summed E-state index contributed by atoms with van der Waals surface area (Å²) >= 11 is 0. The van der Waals surface area contributed by atoms with Crippen molar-refractivity contribution in [3.8, 4) is 0 Å². The van der Waals surface area contributed by atoms with E-state index in [1.165, 1.54) is 19.3 Å². The molecule has 0 spiro atoms. The summed E-state index contributed by atoms with van der Waals surface area (Å²) in [7, 11) is 1.59. The summed E-state index contributed by atoms with van der Waals surface area (Å²) in [6, 6.07) is 0. The fourth-order valence-electron chi connectivity index (χ4n) is 6.04. The largest absolute Gasteiger partial charge is 0.472 e. The third-order valence-electron chi connectivity index (χ3n) is 9.90. The third-order valence-corrected chi connectivity index (χ3v) is 10.9. The first-order valence-corrected chi connectivity index (χ1v) is 27.1. The third kappa shape index (κ3) is 53.2. The number of carbonyl (C=O) groups excluding carboxylic acids is 1. The van der Waals surface area contributed by atoms with E-state index >= 15 is 0 Å². The van der Waals surface area contributed by atoms with E-state index in [1.807, 2.05) is 21.1 Å². The number of ether oxygens (including phenoxy) is 2. The average molecular weight is 949 g/mol. The summed E-state index contributed by atoms with van der Waals surface area (Å²) in [5.74, 6) is -0.383. The number of nitrogens with zero attached hydrogens (tertiary/aromatic N) is 1. The molecule has 0 rings (SSSR count). The Morgan fingerprint density at radius 1 is 0.463 bits per heavy atom. The topological polar surface area (TPSA) is 91.3 Å². The molecule has 0 bridgehead atoms. The normalized spacial score (nSPS) is 14.8. The number of unbranched alkanes of at least 4 members (excludes halogenated alkanes) is 7. The van der Waals surface area contributed by atoms with E-state index in [1.54, 1.807) is 0 Å². The molecule has 0 heterocycles. The Hall–Kier alpha value is -3.62. The first kappa shape index (κ1) is 63.4. The highest BCUT2D eigenvalue weighted by Gasteiger charge is 2.26. The predicted octanol–water partition coefficient (Wildman–Crippen LogP) is 16.1. The van der Waals surface area contributed by atoms with Crippen molar-refractivity contribution < 1.29 is 37.3 Å². The second kappa shape index (κ2) is 48.8. The Labute approximate surface area is 410 Å². The van der Waals surface area contributed by atoms with Gasteiger partial charge >= 0.3 is 13.8 Å². The van der Waals surface area contributed by atoms with Crippen molar-refractivity contribution in [2.24, 2.45) is 0 Å². The summed E-state index contributed by atoms with van der Waals surface area (Å²) in [4.78, 5) is 23.0. The second-order valence-electron chi connectivity index (χ2n) is 17.4. The molecular formula is C58H95NO7P+. The lowest BCUT2D eigenvalue weighted by Crippen LogP contribution is -2.37. The highest BCUT2D eigenvalue weighted by Crippen LogP contribution is 2.43. The zero-order chi connectivity index (χ0) is 49.0. The van der Waals surface area contributed by atoms with E-state index < -0.39 is 13.9 Å². The van der Waals surface area contributed by atoms with Crippen molar-refractivity contribution in [2.45, 2.75) is 161 Å². The van der Waals surface area contributed by atoms with E-state index in [0.717, 1.165) is 109 Å². The van der Waals surface area contributed by atoms with Crippen molar-refractivity contribution in [3.05, 3.63) is 146 Å². The van der Waals surface area contributed by atoms with Crippen LogP contribution in [0.1, 0.15) is 155 Å². The van der Waals surface area contributed by atoms with Gasteiger partial charge in [0.05, 0.1) is 34.4 Å². The quantitative estimate of drug-likeness (QED) is 0.0214. The molecule has 8 nitrogen and oxygen atoms in total. The van der Waals surface area contributed by atoms with Gasteiger partial charge in [0.25, 0.3) is 0 Å². The van der Waals surface area contributed by atoms with Crippen LogP contribution in [0.25, 0.3) is 0 Å². The summed E-state index contributed by atoms with van der Waals surface area (Å²) in [5.41, 5.74) is 0. The van der Waals surface area contributed by atoms with Gasteiger partial charge in [-0.3, -0.25) is 13.8 Å². The lowest BCUT2D eigenvalue weighted by Gasteiger charge is -2.24. The lowest BCUT2D eigenvalue weighted by atomic mass is 10.1. The number of phosphoric ester groups is 1. The van der Waals surface area contributed by atoms with E-state index in [0.29, 0.717) is 24.1 Å². The maximum atomic E-state index is 12.8. The van der Waals surface area contributed by atoms with E-state index in [9.17, 15) is 14.3 Å². The summed E-state index contributed by atoms with van der Waals surface area (Å²) in [6.07, 6.45) is 73.3. The number of hydrogen-bond donors (Lipinski definition) is 1. The van der Waals surface area contributed by atoms with Crippen LogP contribution in [0.15, 0.2) is 146 Å². The Kier molecular flexibility index (Phi) is 46.2. The van der Waals surface area contributed by atoms with E-state index in [-0.39, 0.29) is 32.2 Å². The van der Waals surface area contributed by atoms with Gasteiger partial charge in [-0.1, -0.05) is 185 Å². The number of quaternary nitrogens is 1. The van der Waals surface area contributed by atoms with E-state index in [4.69, 9.17) is 18.5 Å². The zero-order valence-electron chi connectivity index (χ0n) is 42.8. The van der Waals surface area contributed by atoms with Crippen molar-refractivity contribution in [3.63, 3.8) is 0 Å². The van der Waals surface area contributed by atoms with Crippen LogP contribution in [-0.4, -0.2) is 75.6 Å². The van der Waals surface area contributed by atoms with Gasteiger partial charge in [0.1, 0.15) is 19.3 Å². The number of allylic oxidation sites excluding steroid dienone is 24. The molecule has 0 aromatic carbocycles. The molecule has 2 atom stereocenters. The maximum Gasteiger partial charge on any atom is 0.472 e. The van der Waals surface area contributed by atoms with Crippen LogP contribution in [0.4, 0.5) is 0 Å². The minimum atomic E-state index is -4.32. The fourth-order valence-corrected chi connectivity index (χ4v) is 6.78. The van der Waals surface area contributed by atoms with Crippen LogP contribution in [0.2, 0.25) is 0 Å². The first-order chi connectivity index (χ1) is 32.6. The van der Waals surface area contributed by atoms with Gasteiger partial charge in [0, 0.05) is 13.0 Å². The number of likely N-dealkylation sites (N-methyl/N-ethyl adjacent to an activating group) is 1. The molecule has 0 aliphatic carbocycles. The van der Waals surface area contributed by atoms with Gasteiger partial charge in [-0.2, -0.15) is 0 Å². The molecule has 0 fully saturated rings. The van der Waals surface area contributed by atoms with Crippen LogP contribution < -0.4 is 0 Å². The van der Waals surface area contributed by atoms with Crippen molar-refractivity contribution in [1.82, 2.24) is 0 Å². The van der Waals surface area contributed by atoms with Gasteiger partial charge in [0.15, 0.2) is 0 Å². The molecule has 2 unspecified atom stereocenters. The molecule has 1 N–H and O–H groups in total. The highest BCUT2D eigenvalue weighted by atomic mass is 31.2. The minimum Gasteiger partial charge on any atom is -0.457 e. The number of hydrogen-bond acceptors (Lipinski definition) is 6. The standard InChI is InChI=1S/C58H94NO7P/c1-6-8-10-12-14-16-18-20-22-24-26-28-30-31-33-35-37-39-41-43-45-47-49-51-58(60)66-57(56-65-67(61,62)64-54-52-59(3,4)5)55-63-53-50-48-46-44-42-40-38-36-34-32-29-27-25-23-21-19-17-15-13-11-9-7-2/h8-11,14-17,20-23,26-29,31,33-34,36-37,39,43,45,57H,6-7,12-13,18-19,24-25,30,32,35,38,40-42,44,46-56H2,1-5H3/p+1/b10-8-,11-9-,16-14-,17-15-,22-20-,23-21-,28-26-,29-27-,33-31-,36-34-,39-37-,45-43-. The summed E-state index contributed by atoms with van der Waals surface area (Å²) in [6.45, 7) is 5.23. The van der Waals surface area contributed by atoms with Gasteiger partial charge in [-0.15, -0.1) is 0 Å². The summed E-state index contributed by atoms with van der Waals surface area (Å²) in [5, 5.41) is 0. The molecule has 378 valence electrons. The van der Waals surface area contributed by atoms with Crippen LogP contribution in [0.5, 0.6) is 0 Å². The Morgan fingerprint density at radius 2 is 0.821 bits per heavy atom. The molecule has 0 aromatic heterocycles. The number of rotatable bonds is 45. The molecule has 0 saturated carbocycles. The number of carbonyl (C=O) groups is 1. The molecule has 0 aromatic rings. The monoisotopic (exact) mass is 949 g/mol. The predicted molar refractivity (Wildman–Crippen MR) is 288 cm³/mol. The summed E-state index contributed by atoms with van der Waals surface area (Å²) < 4.78 is 35.1. The number of esters is 1. The molecule has 0 radical (unpaired) electrons. The van der Waals surface area contributed by atoms with E-state index in [2.05, 4.69) is 160 Å². The van der Waals surface area contributed by atoms with Gasteiger partial charge in [-0.25, -0.2) is 4.57 Å². The molecule has 0 aliphatic rings. The van der Waals surface area contributed by atoms with Crippen molar-refractivity contribution in [1.29, 1.82) is 0 Å². The molecule has 0 aliphatic heterocycles. The molecule has 0 amide bonds. The molecule has 0 saturated heterocycles. The van der Waals surface area contributed by atoms with Crippen LogP contribution >= 0.6 is 7.82 Å². The first-order valence-electron chi connectivity index (χ1n) is 25.6. The molecule has 9 heteroatoms. The van der Waals surface area contributed by atoms with Crippen molar-refractivity contribution >= 4 is 13.8 Å². The Bertz CT molecular complexity index is 1570. The number of phosphoric acid groups is 1. The Balaban J connectivity index is 4.35. The molecular weight excluding hydrogens is 854 g/mol. The van der Waals surface area contributed by atoms with Crippen LogP contribution in [0, 0.1) is 0 Å². The smallest absolute Gasteiger partial charge is 0.457 e. The maximum absolute atomic E-state index is 12.8. The van der Waals surface area contributed by atoms with Crippen molar-refractivity contribution in [2.75, 3.05) is 54.1 Å². The van der Waals surface area contributed by atoms with Gasteiger partial charge in [-0.05, 0) is 109 Å². The SMILES string of the molecule is CC/C=C\C/C=C\C/C=C\C/C=C\C/C=C\C/C=C\C/C=C\CCCC(=O)OC(COCCCCCCCC/C=C\C/C=C\C/C=C\C/C=C\C/C=C\CC)COP(=O)(O)OCC[N+](C)(C)C. The highest BCUT2D eigenvalue weighted by molar-refractivity contribution is 7.47. The Morgan fingerprint density at radius 3 is 1.22 bits per heavy atom. The fraction of sp³-hybridized carbons (Fsp3) is 0.569. The van der Waals surface area contributed by atoms with Gasteiger partial charge in [0.2, 0.25) is 0 Å². The second-order valence-corrected chi connectivity index (χ2v) is 18.9. The molecule has 67 heavy (non-hydrogen) atoms. The minimum absolute atomic E-state index is 0.0647.